The van der Waals surface area contributed by atoms with E-state index in [1.165, 1.54) is 12.1 Å². The molecular weight excluding hydrogens is 352 g/mol. The van der Waals surface area contributed by atoms with Gasteiger partial charge in [-0.1, -0.05) is 23.7 Å². The first kappa shape index (κ1) is 19.4. The summed E-state index contributed by atoms with van der Waals surface area (Å²) >= 11 is 6.02. The third kappa shape index (κ3) is 5.85. The molecule has 2 rings (SSSR count). The first-order chi connectivity index (χ1) is 11.9. The maximum Gasteiger partial charge on any atom is 0.387 e. The lowest BCUT2D eigenvalue weighted by molar-refractivity contribution is -0.0498. The Morgan fingerprint density at radius 1 is 1.16 bits per heavy atom. The van der Waals surface area contributed by atoms with Gasteiger partial charge in [-0.25, -0.2) is 0 Å². The van der Waals surface area contributed by atoms with Crippen molar-refractivity contribution in [1.82, 2.24) is 4.90 Å². The fourth-order valence-corrected chi connectivity index (χ4v) is 2.69. The summed E-state index contributed by atoms with van der Waals surface area (Å²) in [6.07, 6.45) is -0.768. The van der Waals surface area contributed by atoms with Gasteiger partial charge in [-0.2, -0.15) is 8.78 Å². The molecule has 0 aromatic heterocycles. The smallest absolute Gasteiger partial charge is 0.387 e. The molecule has 2 aromatic carbocycles. The zero-order valence-corrected chi connectivity index (χ0v) is 14.7. The minimum absolute atomic E-state index is 0.0583. The van der Waals surface area contributed by atoms with Crippen molar-refractivity contribution >= 4 is 11.6 Å². The average molecular weight is 372 g/mol. The summed E-state index contributed by atoms with van der Waals surface area (Å²) in [5.74, 6) is 0.780. The van der Waals surface area contributed by atoms with Gasteiger partial charge in [0.05, 0.1) is 13.2 Å². The van der Waals surface area contributed by atoms with E-state index in [0.29, 0.717) is 23.7 Å². The van der Waals surface area contributed by atoms with Crippen molar-refractivity contribution < 1.29 is 23.4 Å². The van der Waals surface area contributed by atoms with Gasteiger partial charge in [0.2, 0.25) is 0 Å². The maximum absolute atomic E-state index is 12.2. The first-order valence-corrected chi connectivity index (χ1v) is 8.00. The molecule has 1 N–H and O–H groups in total. The number of benzene rings is 2. The maximum atomic E-state index is 12.2. The highest BCUT2D eigenvalue weighted by Crippen LogP contribution is 2.25. The molecule has 0 radical (unpaired) electrons. The number of ether oxygens (including phenoxy) is 2. The van der Waals surface area contributed by atoms with Gasteiger partial charge in [-0.3, -0.25) is 4.90 Å². The van der Waals surface area contributed by atoms with Crippen LogP contribution < -0.4 is 9.47 Å². The molecule has 136 valence electrons. The average Bonchev–Trinajstić information content (AvgIpc) is 2.55. The van der Waals surface area contributed by atoms with Crippen molar-refractivity contribution in [3.8, 4) is 11.5 Å². The number of hydrogen-bond acceptors (Lipinski definition) is 4. The molecule has 0 aliphatic heterocycles. The predicted molar refractivity (Wildman–Crippen MR) is 92.4 cm³/mol. The van der Waals surface area contributed by atoms with Gasteiger partial charge in [0.25, 0.3) is 0 Å². The lowest BCUT2D eigenvalue weighted by Crippen LogP contribution is -2.24. The Morgan fingerprint density at radius 3 is 2.44 bits per heavy atom. The highest BCUT2D eigenvalue weighted by molar-refractivity contribution is 6.30. The molecule has 0 saturated carbocycles. The lowest BCUT2D eigenvalue weighted by atomic mass is 10.1. The summed E-state index contributed by atoms with van der Waals surface area (Å²) < 4.78 is 33.9. The summed E-state index contributed by atoms with van der Waals surface area (Å²) in [5.41, 5.74) is 1.52. The molecule has 0 spiro atoms. The molecule has 0 aliphatic carbocycles. The van der Waals surface area contributed by atoms with Crippen molar-refractivity contribution in [3.63, 3.8) is 0 Å². The van der Waals surface area contributed by atoms with Crippen molar-refractivity contribution in [2.45, 2.75) is 19.3 Å². The van der Waals surface area contributed by atoms with E-state index >= 15 is 0 Å². The molecule has 7 heteroatoms. The third-order valence-electron chi connectivity index (χ3n) is 3.66. The quantitative estimate of drug-likeness (QED) is 0.758. The first-order valence-electron chi connectivity index (χ1n) is 7.63. The van der Waals surface area contributed by atoms with E-state index in [4.69, 9.17) is 16.3 Å². The van der Waals surface area contributed by atoms with E-state index < -0.39 is 12.7 Å². The number of methoxy groups -OCH3 is 1. The molecule has 1 unspecified atom stereocenters. The summed E-state index contributed by atoms with van der Waals surface area (Å²) in [4.78, 5) is 1.92. The molecule has 2 aromatic rings. The topological polar surface area (TPSA) is 41.9 Å². The summed E-state index contributed by atoms with van der Waals surface area (Å²) in [7, 11) is 3.45. The Balaban J connectivity index is 1.98. The van der Waals surface area contributed by atoms with Crippen molar-refractivity contribution in [1.29, 1.82) is 0 Å². The molecule has 1 atom stereocenters. The molecule has 0 saturated heterocycles. The molecule has 0 bridgehead atoms. The molecule has 0 aliphatic rings. The van der Waals surface area contributed by atoms with E-state index in [-0.39, 0.29) is 5.75 Å². The predicted octanol–water partition coefficient (Wildman–Crippen LogP) is 4.12. The SMILES string of the molecule is COc1ccc(Cl)cc1CN(C)CC(O)c1ccc(OC(F)F)cc1. The van der Waals surface area contributed by atoms with Gasteiger partial charge < -0.3 is 14.6 Å². The Bertz CT molecular complexity index is 683. The zero-order valence-electron chi connectivity index (χ0n) is 14.0. The Morgan fingerprint density at radius 2 is 1.84 bits per heavy atom. The van der Waals surface area contributed by atoms with E-state index in [1.54, 1.807) is 31.4 Å². The van der Waals surface area contributed by atoms with Crippen LogP contribution in [0.2, 0.25) is 5.02 Å². The second-order valence-electron chi connectivity index (χ2n) is 5.62. The van der Waals surface area contributed by atoms with Crippen LogP contribution >= 0.6 is 11.6 Å². The Hall–Kier alpha value is -1.89. The van der Waals surface area contributed by atoms with Crippen molar-refractivity contribution in [2.75, 3.05) is 20.7 Å². The van der Waals surface area contributed by atoms with Crippen LogP contribution in [0.3, 0.4) is 0 Å². The van der Waals surface area contributed by atoms with Crippen LogP contribution in [0.4, 0.5) is 8.78 Å². The van der Waals surface area contributed by atoms with E-state index in [9.17, 15) is 13.9 Å². The molecule has 0 amide bonds. The monoisotopic (exact) mass is 371 g/mol. The number of hydrogen-bond donors (Lipinski definition) is 1. The van der Waals surface area contributed by atoms with Gasteiger partial charge in [-0.15, -0.1) is 0 Å². The molecule has 4 nitrogen and oxygen atoms in total. The van der Waals surface area contributed by atoms with Crippen LogP contribution in [0.1, 0.15) is 17.2 Å². The zero-order chi connectivity index (χ0) is 18.4. The van der Waals surface area contributed by atoms with Gasteiger partial charge >= 0.3 is 6.61 Å². The second kappa shape index (κ2) is 8.99. The van der Waals surface area contributed by atoms with E-state index in [0.717, 1.165) is 11.3 Å². The number of halogens is 3. The Labute approximate surface area is 150 Å². The number of likely N-dealkylation sites (N-methyl/N-ethyl adjacent to an activating group) is 1. The standard InChI is InChI=1S/C18H20ClF2NO3/c1-22(10-13-9-14(19)5-8-17(13)24-2)11-16(23)12-3-6-15(7-4-12)25-18(20)21/h3-9,16,18,23H,10-11H2,1-2H3. The van der Waals surface area contributed by atoms with Crippen molar-refractivity contribution in [2.24, 2.45) is 0 Å². The Kier molecular flexibility index (Phi) is 6.99. The molecule has 0 fully saturated rings. The van der Waals surface area contributed by atoms with Gasteiger partial charge in [-0.05, 0) is 42.9 Å². The van der Waals surface area contributed by atoms with Crippen LogP contribution in [-0.4, -0.2) is 37.3 Å². The van der Waals surface area contributed by atoms with E-state index in [2.05, 4.69) is 4.74 Å². The number of aliphatic hydroxyl groups is 1. The normalized spacial score (nSPS) is 12.5. The van der Waals surface area contributed by atoms with Gasteiger partial charge in [0.15, 0.2) is 0 Å². The molecule has 25 heavy (non-hydrogen) atoms. The van der Waals surface area contributed by atoms with Crippen LogP contribution in [0, 0.1) is 0 Å². The highest BCUT2D eigenvalue weighted by Gasteiger charge is 2.14. The second-order valence-corrected chi connectivity index (χ2v) is 6.05. The van der Waals surface area contributed by atoms with Crippen LogP contribution in [0.5, 0.6) is 11.5 Å². The third-order valence-corrected chi connectivity index (χ3v) is 3.89. The van der Waals surface area contributed by atoms with Crippen LogP contribution in [0.15, 0.2) is 42.5 Å². The fraction of sp³-hybridized carbons (Fsp3) is 0.333. The highest BCUT2D eigenvalue weighted by atomic mass is 35.5. The van der Waals surface area contributed by atoms with Crippen LogP contribution in [0.25, 0.3) is 0 Å². The van der Waals surface area contributed by atoms with Crippen molar-refractivity contribution in [3.05, 3.63) is 58.6 Å². The fourth-order valence-electron chi connectivity index (χ4n) is 2.50. The van der Waals surface area contributed by atoms with Gasteiger partial charge in [0.1, 0.15) is 11.5 Å². The minimum Gasteiger partial charge on any atom is -0.496 e. The number of rotatable bonds is 8. The largest absolute Gasteiger partial charge is 0.496 e. The van der Waals surface area contributed by atoms with Crippen LogP contribution in [-0.2, 0) is 6.54 Å². The minimum atomic E-state index is -2.87. The summed E-state index contributed by atoms with van der Waals surface area (Å²) in [6.45, 7) is -1.98. The number of nitrogens with zero attached hydrogens (tertiary/aromatic N) is 1. The molecule has 0 heterocycles. The lowest BCUT2D eigenvalue weighted by Gasteiger charge is -2.22. The number of aliphatic hydroxyl groups excluding tert-OH is 1. The van der Waals surface area contributed by atoms with Gasteiger partial charge in [0, 0.05) is 23.7 Å². The summed E-state index contributed by atoms with van der Waals surface area (Å²) in [6, 6.07) is 11.3. The summed E-state index contributed by atoms with van der Waals surface area (Å²) in [5, 5.41) is 10.9. The van der Waals surface area contributed by atoms with E-state index in [1.807, 2.05) is 18.0 Å². The molecular formula is C18H20ClF2NO3. The number of alkyl halides is 2.